The molecule has 4 amide bonds. The van der Waals surface area contributed by atoms with E-state index in [4.69, 9.17) is 4.99 Å². The first-order valence-corrected chi connectivity index (χ1v) is 19.2. The Bertz CT molecular complexity index is 1720. The minimum absolute atomic E-state index is 0.164. The lowest BCUT2D eigenvalue weighted by molar-refractivity contribution is 0.0637. The van der Waals surface area contributed by atoms with Gasteiger partial charge in [-0.15, -0.1) is 45.3 Å². The number of amides is 4. The van der Waals surface area contributed by atoms with E-state index in [0.717, 1.165) is 91.9 Å². The lowest BCUT2D eigenvalue weighted by atomic mass is 10.1. The Kier molecular flexibility index (Phi) is 9.84. The minimum atomic E-state index is -0.168. The Morgan fingerprint density at radius 1 is 0.587 bits per heavy atom. The third kappa shape index (κ3) is 5.98. The summed E-state index contributed by atoms with van der Waals surface area (Å²) < 4.78 is 0. The van der Waals surface area contributed by atoms with E-state index in [1.165, 1.54) is 43.8 Å². The molecule has 2 aliphatic heterocycles. The van der Waals surface area contributed by atoms with Crippen LogP contribution >= 0.6 is 45.3 Å². The molecule has 0 unspecified atom stereocenters. The molecule has 0 spiro atoms. The summed E-state index contributed by atoms with van der Waals surface area (Å²) in [4.78, 5) is 65.9. The van der Waals surface area contributed by atoms with Crippen molar-refractivity contribution >= 4 is 80.2 Å². The molecule has 0 fully saturated rings. The van der Waals surface area contributed by atoms with E-state index in [2.05, 4.69) is 13.8 Å². The molecule has 46 heavy (non-hydrogen) atoms. The third-order valence-electron chi connectivity index (χ3n) is 8.55. The molecule has 0 aliphatic carbocycles. The maximum absolute atomic E-state index is 13.1. The highest BCUT2D eigenvalue weighted by Crippen LogP contribution is 2.45. The van der Waals surface area contributed by atoms with Crippen molar-refractivity contribution in [3.63, 3.8) is 0 Å². The molecule has 0 bridgehead atoms. The average Bonchev–Trinajstić information content (AvgIpc) is 3.88. The van der Waals surface area contributed by atoms with Gasteiger partial charge in [0.2, 0.25) is 0 Å². The monoisotopic (exact) mass is 691 g/mol. The summed E-state index contributed by atoms with van der Waals surface area (Å²) in [6.45, 7) is 9.12. The van der Waals surface area contributed by atoms with Crippen LogP contribution in [0.3, 0.4) is 0 Å². The Morgan fingerprint density at radius 3 is 1.59 bits per heavy atom. The van der Waals surface area contributed by atoms with Crippen molar-refractivity contribution < 1.29 is 19.2 Å². The Hall–Kier alpha value is -3.25. The summed E-state index contributed by atoms with van der Waals surface area (Å²) >= 11 is 5.93. The first-order valence-electron chi connectivity index (χ1n) is 16.0. The van der Waals surface area contributed by atoms with Crippen LogP contribution in [-0.2, 0) is 0 Å². The normalized spacial score (nSPS) is 14.5. The van der Waals surface area contributed by atoms with E-state index >= 15 is 0 Å². The topological polar surface area (TPSA) is 87.1 Å². The van der Waals surface area contributed by atoms with Crippen molar-refractivity contribution in [2.45, 2.75) is 79.1 Å². The van der Waals surface area contributed by atoms with Crippen molar-refractivity contribution in [1.82, 2.24) is 9.80 Å². The first-order chi connectivity index (χ1) is 22.2. The fourth-order valence-corrected chi connectivity index (χ4v) is 10.6. The van der Waals surface area contributed by atoms with Gasteiger partial charge in [0.1, 0.15) is 14.8 Å². The van der Waals surface area contributed by atoms with E-state index in [-0.39, 0.29) is 23.6 Å². The van der Waals surface area contributed by atoms with E-state index in [1.54, 1.807) is 11.3 Å². The van der Waals surface area contributed by atoms with Gasteiger partial charge in [0.15, 0.2) is 0 Å². The molecule has 0 N–H and O–H groups in total. The summed E-state index contributed by atoms with van der Waals surface area (Å²) in [5.74, 6) is -0.663. The number of thiophene rings is 4. The smallest absolute Gasteiger partial charge is 0.271 e. The first kappa shape index (κ1) is 32.7. The van der Waals surface area contributed by atoms with Crippen LogP contribution < -0.4 is 0 Å². The lowest BCUT2D eigenvalue weighted by Crippen LogP contribution is -2.31. The van der Waals surface area contributed by atoms with Crippen molar-refractivity contribution in [3.05, 3.63) is 61.2 Å². The number of imide groups is 2. The second-order valence-corrected chi connectivity index (χ2v) is 16.0. The van der Waals surface area contributed by atoms with Crippen molar-refractivity contribution in [2.75, 3.05) is 13.1 Å². The predicted octanol–water partition coefficient (Wildman–Crippen LogP) is 9.99. The molecule has 0 aromatic carbocycles. The SMILES string of the molecule is CCCCCCN1C(=O)c2sc(-c3ccc(C=Nc4ccc(-c5sc6c(c5C)C(=O)N(CCCCCC)C6=O)s4)s3)c(C)c2C1=O. The largest absolute Gasteiger partial charge is 0.274 e. The van der Waals surface area contributed by atoms with Gasteiger partial charge in [-0.3, -0.25) is 29.0 Å². The summed E-state index contributed by atoms with van der Waals surface area (Å²) in [5, 5.41) is 0.828. The Balaban J connectivity index is 1.13. The lowest BCUT2D eigenvalue weighted by Gasteiger charge is -2.14. The van der Waals surface area contributed by atoms with Gasteiger partial charge in [-0.25, -0.2) is 4.99 Å². The maximum atomic E-state index is 13.1. The molecule has 6 heterocycles. The van der Waals surface area contributed by atoms with E-state index in [1.807, 2.05) is 44.3 Å². The highest BCUT2D eigenvalue weighted by Gasteiger charge is 2.41. The summed E-state index contributed by atoms with van der Waals surface area (Å²) in [7, 11) is 0. The Morgan fingerprint density at radius 2 is 1.09 bits per heavy atom. The standard InChI is InChI=1S/C35H37N3O4S4/c1-5-7-9-11-17-37-32(39)26-20(3)28(45-30(26)34(37)41)23-14-13-22(43-23)19-36-25-16-15-24(44-25)29-21(4)27-31(46-29)35(42)38(33(27)40)18-12-10-8-6-2/h13-16,19H,5-12,17-18H2,1-4H3. The van der Waals surface area contributed by atoms with Gasteiger partial charge in [-0.05, 0) is 62.1 Å². The quantitative estimate of drug-likeness (QED) is 0.0748. The van der Waals surface area contributed by atoms with E-state index < -0.39 is 0 Å². The molecule has 0 saturated heterocycles. The second-order valence-electron chi connectivity index (χ2n) is 11.8. The minimum Gasteiger partial charge on any atom is -0.274 e. The molecule has 2 aliphatic rings. The third-order valence-corrected chi connectivity index (χ3v) is 13.5. The maximum Gasteiger partial charge on any atom is 0.271 e. The molecule has 240 valence electrons. The number of hydrogen-bond acceptors (Lipinski definition) is 9. The molecule has 0 radical (unpaired) electrons. The number of carbonyl (C=O) groups excluding carboxylic acids is 4. The van der Waals surface area contributed by atoms with Gasteiger partial charge in [-0.1, -0.05) is 52.4 Å². The highest BCUT2D eigenvalue weighted by atomic mass is 32.1. The molecular weight excluding hydrogens is 655 g/mol. The van der Waals surface area contributed by atoms with Gasteiger partial charge in [-0.2, -0.15) is 0 Å². The van der Waals surface area contributed by atoms with Gasteiger partial charge in [0, 0.05) is 43.7 Å². The summed E-state index contributed by atoms with van der Waals surface area (Å²) in [6, 6.07) is 7.98. The number of unbranched alkanes of at least 4 members (excludes halogenated alkanes) is 6. The number of rotatable bonds is 14. The Labute approximate surface area is 285 Å². The zero-order chi connectivity index (χ0) is 32.5. The van der Waals surface area contributed by atoms with Crippen LogP contribution in [0.25, 0.3) is 19.5 Å². The van der Waals surface area contributed by atoms with Crippen LogP contribution in [-0.4, -0.2) is 52.7 Å². The molecule has 11 heteroatoms. The zero-order valence-electron chi connectivity index (χ0n) is 26.6. The summed E-state index contributed by atoms with van der Waals surface area (Å²) in [5.41, 5.74) is 2.86. The number of nitrogens with zero attached hydrogens (tertiary/aromatic N) is 3. The van der Waals surface area contributed by atoms with Crippen LogP contribution in [0.4, 0.5) is 5.00 Å². The van der Waals surface area contributed by atoms with Gasteiger partial charge >= 0.3 is 0 Å². The molecule has 7 nitrogen and oxygen atoms in total. The fraction of sp³-hybridized carbons (Fsp3) is 0.400. The molecule has 4 aromatic rings. The molecule has 0 saturated carbocycles. The second kappa shape index (κ2) is 13.9. The van der Waals surface area contributed by atoms with Crippen LogP contribution in [0.5, 0.6) is 0 Å². The number of aliphatic imine (C=N–C) groups is 1. The molecular formula is C35H37N3O4S4. The number of hydrogen-bond donors (Lipinski definition) is 0. The molecule has 4 aromatic heterocycles. The van der Waals surface area contributed by atoms with Gasteiger partial charge in [0.25, 0.3) is 23.6 Å². The van der Waals surface area contributed by atoms with Crippen molar-refractivity contribution in [1.29, 1.82) is 0 Å². The van der Waals surface area contributed by atoms with Gasteiger partial charge in [0.05, 0.1) is 11.1 Å². The molecule has 6 rings (SSSR count). The predicted molar refractivity (Wildman–Crippen MR) is 191 cm³/mol. The van der Waals surface area contributed by atoms with Crippen LogP contribution in [0, 0.1) is 13.8 Å². The van der Waals surface area contributed by atoms with Crippen LogP contribution in [0.15, 0.2) is 29.3 Å². The average molecular weight is 692 g/mol. The number of carbonyl (C=O) groups is 4. The van der Waals surface area contributed by atoms with Crippen LogP contribution in [0.1, 0.15) is 121 Å². The van der Waals surface area contributed by atoms with Crippen molar-refractivity contribution in [2.24, 2.45) is 4.99 Å². The van der Waals surface area contributed by atoms with E-state index in [9.17, 15) is 19.2 Å². The van der Waals surface area contributed by atoms with Gasteiger partial charge < -0.3 is 0 Å². The summed E-state index contributed by atoms with van der Waals surface area (Å²) in [6.07, 6.45) is 10.0. The zero-order valence-corrected chi connectivity index (χ0v) is 29.8. The number of fused-ring (bicyclic) bond motifs is 2. The van der Waals surface area contributed by atoms with E-state index in [0.29, 0.717) is 34.0 Å². The highest BCUT2D eigenvalue weighted by molar-refractivity contribution is 7.25. The molecule has 0 atom stereocenters. The van der Waals surface area contributed by atoms with Crippen molar-refractivity contribution in [3.8, 4) is 19.5 Å². The van der Waals surface area contributed by atoms with Crippen LogP contribution in [0.2, 0.25) is 0 Å². The fourth-order valence-electron chi connectivity index (χ4n) is 6.00.